The summed E-state index contributed by atoms with van der Waals surface area (Å²) in [5.41, 5.74) is 2.76. The highest BCUT2D eigenvalue weighted by molar-refractivity contribution is 7.91. The van der Waals surface area contributed by atoms with Gasteiger partial charge in [0.1, 0.15) is 16.2 Å². The molecule has 0 spiro atoms. The summed E-state index contributed by atoms with van der Waals surface area (Å²) in [4.78, 5) is 0.783. The number of H-pyrrole nitrogens is 1. The molecule has 1 N–H and O–H groups in total. The van der Waals surface area contributed by atoms with Crippen LogP contribution < -0.4 is 0 Å². The Balaban J connectivity index is 1.58. The van der Waals surface area contributed by atoms with Crippen LogP contribution in [0.15, 0.2) is 39.4 Å². The van der Waals surface area contributed by atoms with E-state index in [1.165, 1.54) is 17.6 Å². The largest absolute Gasteiger partial charge is 0.364 e. The highest BCUT2D eigenvalue weighted by Gasteiger charge is 2.33. The van der Waals surface area contributed by atoms with Gasteiger partial charge in [-0.25, -0.2) is 8.42 Å². The summed E-state index contributed by atoms with van der Waals surface area (Å²) in [5.74, 6) is 0.154. The zero-order valence-electron chi connectivity index (χ0n) is 13.7. The van der Waals surface area contributed by atoms with Gasteiger partial charge in [-0.2, -0.15) is 9.40 Å². The van der Waals surface area contributed by atoms with Crippen molar-refractivity contribution in [1.29, 1.82) is 0 Å². The van der Waals surface area contributed by atoms with Crippen molar-refractivity contribution < 1.29 is 12.9 Å². The summed E-state index contributed by atoms with van der Waals surface area (Å²) in [6, 6.07) is 5.14. The van der Waals surface area contributed by atoms with Crippen LogP contribution in [0.5, 0.6) is 0 Å². The maximum Gasteiger partial charge on any atom is 0.252 e. The molecule has 0 bridgehead atoms. The van der Waals surface area contributed by atoms with Gasteiger partial charge in [-0.1, -0.05) is 5.16 Å². The minimum Gasteiger partial charge on any atom is -0.364 e. The molecule has 1 atom stereocenters. The summed E-state index contributed by atoms with van der Waals surface area (Å²) < 4.78 is 32.8. The van der Waals surface area contributed by atoms with E-state index in [9.17, 15) is 8.42 Å². The molecule has 1 saturated heterocycles. The second-order valence-electron chi connectivity index (χ2n) is 6.17. The first-order valence-corrected chi connectivity index (χ1v) is 10.3. The molecule has 132 valence electrons. The lowest BCUT2D eigenvalue weighted by molar-refractivity contribution is 0.312. The first-order chi connectivity index (χ1) is 12.1. The van der Waals surface area contributed by atoms with Gasteiger partial charge in [0.05, 0.1) is 11.1 Å². The summed E-state index contributed by atoms with van der Waals surface area (Å²) in [5, 5.41) is 11.0. The molecule has 3 aromatic rings. The number of sulfonamides is 1. The van der Waals surface area contributed by atoms with Gasteiger partial charge in [0.15, 0.2) is 0 Å². The van der Waals surface area contributed by atoms with E-state index in [0.717, 1.165) is 29.0 Å². The molecule has 0 saturated carbocycles. The summed E-state index contributed by atoms with van der Waals surface area (Å²) in [6.07, 6.45) is 5.06. The molecular weight excluding hydrogens is 360 g/mol. The van der Waals surface area contributed by atoms with Crippen LogP contribution in [0.4, 0.5) is 0 Å². The molecule has 4 heterocycles. The average Bonchev–Trinajstić information content (AvgIpc) is 3.35. The van der Waals surface area contributed by atoms with Crippen LogP contribution in [-0.2, 0) is 10.0 Å². The minimum absolute atomic E-state index is 0.154. The normalized spacial score (nSPS) is 19.3. The predicted octanol–water partition coefficient (Wildman–Crippen LogP) is 3.00. The molecule has 0 aromatic carbocycles. The topological polar surface area (TPSA) is 92.1 Å². The van der Waals surface area contributed by atoms with Crippen LogP contribution in [0.25, 0.3) is 10.6 Å². The second-order valence-corrected chi connectivity index (χ2v) is 9.42. The van der Waals surface area contributed by atoms with Gasteiger partial charge in [0.25, 0.3) is 10.0 Å². The van der Waals surface area contributed by atoms with Crippen molar-refractivity contribution in [1.82, 2.24) is 19.7 Å². The average molecular weight is 378 g/mol. The maximum atomic E-state index is 13.0. The Morgan fingerprint density at radius 3 is 2.96 bits per heavy atom. The van der Waals surface area contributed by atoms with E-state index in [1.807, 2.05) is 6.92 Å². The SMILES string of the molecule is Cc1cn[nH]c1C1CCCN(S(=O)(=O)c2ccc(-c3ccon3)s2)C1. The van der Waals surface area contributed by atoms with Crippen LogP contribution in [0.3, 0.4) is 0 Å². The van der Waals surface area contributed by atoms with E-state index in [4.69, 9.17) is 4.52 Å². The number of aromatic amines is 1. The third kappa shape index (κ3) is 3.03. The number of hydrogen-bond acceptors (Lipinski definition) is 6. The molecule has 3 aromatic heterocycles. The van der Waals surface area contributed by atoms with Gasteiger partial charge < -0.3 is 4.52 Å². The van der Waals surface area contributed by atoms with Crippen LogP contribution in [-0.4, -0.2) is 41.2 Å². The minimum atomic E-state index is -3.51. The molecule has 9 heteroatoms. The number of nitrogens with one attached hydrogen (secondary N) is 1. The Hall–Kier alpha value is -1.97. The van der Waals surface area contributed by atoms with Crippen molar-refractivity contribution in [2.75, 3.05) is 13.1 Å². The second kappa shape index (κ2) is 6.40. The van der Waals surface area contributed by atoms with Crippen molar-refractivity contribution in [3.8, 4) is 10.6 Å². The lowest BCUT2D eigenvalue weighted by atomic mass is 9.94. The molecule has 25 heavy (non-hydrogen) atoms. The molecule has 1 aliphatic heterocycles. The standard InChI is InChI=1S/C16H18N4O3S2/c1-11-9-17-18-16(11)12-3-2-7-20(10-12)25(21,22)15-5-4-14(24-15)13-6-8-23-19-13/h4-6,8-9,12H,2-3,7,10H2,1H3,(H,17,18). The van der Waals surface area contributed by atoms with Crippen LogP contribution in [0.2, 0.25) is 0 Å². The van der Waals surface area contributed by atoms with E-state index < -0.39 is 10.0 Å². The van der Waals surface area contributed by atoms with E-state index in [-0.39, 0.29) is 5.92 Å². The Morgan fingerprint density at radius 2 is 2.24 bits per heavy atom. The first-order valence-electron chi connectivity index (χ1n) is 8.06. The van der Waals surface area contributed by atoms with Gasteiger partial charge >= 0.3 is 0 Å². The van der Waals surface area contributed by atoms with Gasteiger partial charge in [0.2, 0.25) is 0 Å². The Morgan fingerprint density at radius 1 is 1.36 bits per heavy atom. The van der Waals surface area contributed by atoms with Crippen molar-refractivity contribution in [2.24, 2.45) is 0 Å². The summed E-state index contributed by atoms with van der Waals surface area (Å²) in [7, 11) is -3.51. The summed E-state index contributed by atoms with van der Waals surface area (Å²) >= 11 is 1.22. The molecule has 0 radical (unpaired) electrons. The van der Waals surface area contributed by atoms with E-state index >= 15 is 0 Å². The lowest BCUT2D eigenvalue weighted by Crippen LogP contribution is -2.39. The highest BCUT2D eigenvalue weighted by Crippen LogP contribution is 2.35. The molecule has 1 unspecified atom stereocenters. The lowest BCUT2D eigenvalue weighted by Gasteiger charge is -2.31. The Labute approximate surface area is 149 Å². The van der Waals surface area contributed by atoms with Crippen molar-refractivity contribution in [3.05, 3.63) is 41.9 Å². The summed E-state index contributed by atoms with van der Waals surface area (Å²) in [6.45, 7) is 3.02. The van der Waals surface area contributed by atoms with E-state index in [1.54, 1.807) is 28.7 Å². The number of aromatic nitrogens is 3. The molecule has 4 rings (SSSR count). The van der Waals surface area contributed by atoms with Crippen molar-refractivity contribution in [2.45, 2.75) is 29.9 Å². The van der Waals surface area contributed by atoms with Gasteiger partial charge in [-0.05, 0) is 37.5 Å². The molecule has 1 aliphatic rings. The zero-order chi connectivity index (χ0) is 17.4. The molecule has 7 nitrogen and oxygen atoms in total. The number of thiophene rings is 1. The smallest absolute Gasteiger partial charge is 0.252 e. The van der Waals surface area contributed by atoms with Gasteiger partial charge in [0, 0.05) is 30.8 Å². The number of aryl methyl sites for hydroxylation is 1. The fourth-order valence-corrected chi connectivity index (χ4v) is 6.18. The van der Waals surface area contributed by atoms with Crippen molar-refractivity contribution >= 4 is 21.4 Å². The van der Waals surface area contributed by atoms with Crippen LogP contribution in [0.1, 0.15) is 30.0 Å². The number of nitrogens with zero attached hydrogens (tertiary/aromatic N) is 3. The molecule has 0 aliphatic carbocycles. The molecule has 1 fully saturated rings. The molecular formula is C16H18N4O3S2. The zero-order valence-corrected chi connectivity index (χ0v) is 15.3. The quantitative estimate of drug-likeness (QED) is 0.753. The third-order valence-electron chi connectivity index (χ3n) is 4.53. The number of piperidine rings is 1. The fourth-order valence-electron chi connectivity index (χ4n) is 3.23. The van der Waals surface area contributed by atoms with Crippen LogP contribution >= 0.6 is 11.3 Å². The third-order valence-corrected chi connectivity index (χ3v) is 7.97. The highest BCUT2D eigenvalue weighted by atomic mass is 32.2. The first kappa shape index (κ1) is 16.5. The monoisotopic (exact) mass is 378 g/mol. The maximum absolute atomic E-state index is 13.0. The predicted molar refractivity (Wildman–Crippen MR) is 93.9 cm³/mol. The van der Waals surface area contributed by atoms with Gasteiger partial charge in [-0.15, -0.1) is 11.3 Å². The molecule has 0 amide bonds. The van der Waals surface area contributed by atoms with E-state index in [2.05, 4.69) is 15.4 Å². The van der Waals surface area contributed by atoms with Crippen molar-refractivity contribution in [3.63, 3.8) is 0 Å². The Kier molecular flexibility index (Phi) is 4.22. The van der Waals surface area contributed by atoms with Gasteiger partial charge in [-0.3, -0.25) is 5.10 Å². The number of rotatable bonds is 4. The van der Waals surface area contributed by atoms with Crippen LogP contribution in [0, 0.1) is 6.92 Å². The number of hydrogen-bond donors (Lipinski definition) is 1. The fraction of sp³-hybridized carbons (Fsp3) is 0.375. The Bertz CT molecular complexity index is 959. The van der Waals surface area contributed by atoms with E-state index in [0.29, 0.717) is 23.0 Å².